The first-order chi connectivity index (χ1) is 8.47. The Morgan fingerprint density at radius 2 is 2.33 bits per heavy atom. The molecule has 1 aliphatic heterocycles. The molecule has 100 valence electrons. The molecule has 0 aliphatic carbocycles. The molecule has 0 aromatic carbocycles. The molecular formula is C12H15Cl2NO2S. The molecule has 2 heterocycles. The number of hydrogen-bond donors (Lipinski definition) is 1. The molecule has 0 amide bonds. The molecule has 1 aromatic heterocycles. The Kier molecular flexibility index (Phi) is 4.67. The van der Waals surface area contributed by atoms with Crippen LogP contribution in [0.3, 0.4) is 0 Å². The van der Waals surface area contributed by atoms with Crippen molar-refractivity contribution in [2.24, 2.45) is 5.92 Å². The average Bonchev–Trinajstić information content (AvgIpc) is 2.63. The maximum absolute atomic E-state index is 12.1. The van der Waals surface area contributed by atoms with Crippen LogP contribution in [-0.2, 0) is 0 Å². The molecule has 2 rings (SSSR count). The molecule has 6 heteroatoms. The van der Waals surface area contributed by atoms with Gasteiger partial charge in [0.1, 0.15) is 4.34 Å². The fraction of sp³-hybridized carbons (Fsp3) is 0.583. The van der Waals surface area contributed by atoms with Gasteiger partial charge in [-0.2, -0.15) is 0 Å². The molecule has 1 N–H and O–H groups in total. The molecule has 0 spiro atoms. The standard InChI is InChI=1S/C12H15Cl2NO2S/c1-7-2-3-15(5-9(7)16)6-10(17)8-4-11(13)18-12(8)14/h4,7,9,16H,2-3,5-6H2,1H3. The van der Waals surface area contributed by atoms with Crippen LogP contribution >= 0.6 is 34.5 Å². The molecule has 2 unspecified atom stereocenters. The molecule has 0 radical (unpaired) electrons. The summed E-state index contributed by atoms with van der Waals surface area (Å²) in [6.45, 7) is 3.69. The third-order valence-corrected chi connectivity index (χ3v) is 4.81. The zero-order valence-corrected chi connectivity index (χ0v) is 12.4. The minimum absolute atomic E-state index is 0.0371. The van der Waals surface area contributed by atoms with Crippen LogP contribution in [0, 0.1) is 5.92 Å². The first kappa shape index (κ1) is 14.3. The highest BCUT2D eigenvalue weighted by Crippen LogP contribution is 2.31. The third-order valence-electron chi connectivity index (χ3n) is 3.33. The molecule has 2 atom stereocenters. The minimum Gasteiger partial charge on any atom is -0.392 e. The molecule has 3 nitrogen and oxygen atoms in total. The second kappa shape index (κ2) is 5.88. The average molecular weight is 308 g/mol. The van der Waals surface area contributed by atoms with Crippen LogP contribution < -0.4 is 0 Å². The lowest BCUT2D eigenvalue weighted by Crippen LogP contribution is -2.44. The van der Waals surface area contributed by atoms with Crippen molar-refractivity contribution in [2.45, 2.75) is 19.4 Å². The topological polar surface area (TPSA) is 40.5 Å². The van der Waals surface area contributed by atoms with Crippen molar-refractivity contribution >= 4 is 40.3 Å². The predicted molar refractivity (Wildman–Crippen MR) is 74.9 cm³/mol. The molecule has 1 fully saturated rings. The lowest BCUT2D eigenvalue weighted by atomic mass is 9.96. The van der Waals surface area contributed by atoms with Gasteiger partial charge in [-0.25, -0.2) is 0 Å². The van der Waals surface area contributed by atoms with Gasteiger partial charge in [0.05, 0.1) is 22.5 Å². The number of β-amino-alcohol motifs (C(OH)–C–C–N with tert-alkyl or cyclic N) is 1. The van der Waals surface area contributed by atoms with Gasteiger partial charge in [0.25, 0.3) is 0 Å². The molecular weight excluding hydrogens is 293 g/mol. The van der Waals surface area contributed by atoms with Gasteiger partial charge in [0.15, 0.2) is 5.78 Å². The van der Waals surface area contributed by atoms with E-state index in [2.05, 4.69) is 0 Å². The minimum atomic E-state index is -0.354. The Bertz CT molecular complexity index is 449. The first-order valence-corrected chi connectivity index (χ1v) is 7.43. The van der Waals surface area contributed by atoms with Crippen LogP contribution in [0.5, 0.6) is 0 Å². The van der Waals surface area contributed by atoms with Crippen LogP contribution in [0.25, 0.3) is 0 Å². The highest BCUT2D eigenvalue weighted by molar-refractivity contribution is 7.20. The lowest BCUT2D eigenvalue weighted by Gasteiger charge is -2.33. The molecule has 0 saturated carbocycles. The number of ketones is 1. The smallest absolute Gasteiger partial charge is 0.179 e. The lowest BCUT2D eigenvalue weighted by molar-refractivity contribution is 0.0295. The number of carbonyl (C=O) groups excluding carboxylic acids is 1. The van der Waals surface area contributed by atoms with E-state index in [-0.39, 0.29) is 18.4 Å². The SMILES string of the molecule is CC1CCN(CC(=O)c2cc(Cl)sc2Cl)CC1O. The van der Waals surface area contributed by atoms with Crippen molar-refractivity contribution in [2.75, 3.05) is 19.6 Å². The van der Waals surface area contributed by atoms with Crippen molar-refractivity contribution in [1.82, 2.24) is 4.90 Å². The van der Waals surface area contributed by atoms with E-state index in [9.17, 15) is 9.90 Å². The maximum atomic E-state index is 12.1. The first-order valence-electron chi connectivity index (χ1n) is 5.86. The van der Waals surface area contributed by atoms with Crippen LogP contribution in [0.4, 0.5) is 0 Å². The number of carbonyl (C=O) groups is 1. The molecule has 18 heavy (non-hydrogen) atoms. The predicted octanol–water partition coefficient (Wildman–Crippen LogP) is 2.94. The van der Waals surface area contributed by atoms with Crippen molar-refractivity contribution in [1.29, 1.82) is 0 Å². The van der Waals surface area contributed by atoms with Crippen molar-refractivity contribution in [3.63, 3.8) is 0 Å². The number of hydrogen-bond acceptors (Lipinski definition) is 4. The summed E-state index contributed by atoms with van der Waals surface area (Å²) in [4.78, 5) is 14.0. The number of nitrogens with zero attached hydrogens (tertiary/aromatic N) is 1. The second-order valence-electron chi connectivity index (χ2n) is 4.73. The van der Waals surface area contributed by atoms with E-state index in [1.165, 1.54) is 11.3 Å². The number of piperidine rings is 1. The van der Waals surface area contributed by atoms with E-state index in [0.29, 0.717) is 26.7 Å². The van der Waals surface area contributed by atoms with Gasteiger partial charge in [0, 0.05) is 6.54 Å². The van der Waals surface area contributed by atoms with Gasteiger partial charge in [0.2, 0.25) is 0 Å². The highest BCUT2D eigenvalue weighted by Gasteiger charge is 2.26. The summed E-state index contributed by atoms with van der Waals surface area (Å²) in [5.74, 6) is 0.264. The number of Topliss-reactive ketones (excluding diaryl/α,β-unsaturated/α-hetero) is 1. The number of rotatable bonds is 3. The summed E-state index contributed by atoms with van der Waals surface area (Å²) < 4.78 is 0.964. The molecule has 1 saturated heterocycles. The van der Waals surface area contributed by atoms with Gasteiger partial charge in [-0.15, -0.1) is 11.3 Å². The summed E-state index contributed by atoms with van der Waals surface area (Å²) in [6.07, 6.45) is 0.556. The van der Waals surface area contributed by atoms with E-state index in [1.54, 1.807) is 6.07 Å². The highest BCUT2D eigenvalue weighted by atomic mass is 35.5. The van der Waals surface area contributed by atoms with Crippen LogP contribution in [0.15, 0.2) is 6.07 Å². The van der Waals surface area contributed by atoms with E-state index in [4.69, 9.17) is 23.2 Å². The largest absolute Gasteiger partial charge is 0.392 e. The van der Waals surface area contributed by atoms with Gasteiger partial charge in [-0.05, 0) is 24.9 Å². The quantitative estimate of drug-likeness (QED) is 0.873. The van der Waals surface area contributed by atoms with Gasteiger partial charge >= 0.3 is 0 Å². The summed E-state index contributed by atoms with van der Waals surface area (Å²) >= 11 is 13.0. The zero-order chi connectivity index (χ0) is 13.3. The van der Waals surface area contributed by atoms with Gasteiger partial charge in [-0.3, -0.25) is 9.69 Å². The Morgan fingerprint density at radius 3 is 2.89 bits per heavy atom. The summed E-state index contributed by atoms with van der Waals surface area (Å²) in [6, 6.07) is 1.61. The summed E-state index contributed by atoms with van der Waals surface area (Å²) in [5.41, 5.74) is 0.486. The van der Waals surface area contributed by atoms with E-state index in [1.807, 2.05) is 11.8 Å². The molecule has 1 aliphatic rings. The fourth-order valence-electron chi connectivity index (χ4n) is 2.08. The van der Waals surface area contributed by atoms with E-state index >= 15 is 0 Å². The maximum Gasteiger partial charge on any atom is 0.179 e. The number of thiophene rings is 1. The normalized spacial score (nSPS) is 25.3. The molecule has 1 aromatic rings. The monoisotopic (exact) mass is 307 g/mol. The number of likely N-dealkylation sites (tertiary alicyclic amines) is 1. The Morgan fingerprint density at radius 1 is 1.61 bits per heavy atom. The summed E-state index contributed by atoms with van der Waals surface area (Å²) in [7, 11) is 0. The van der Waals surface area contributed by atoms with E-state index < -0.39 is 0 Å². The third kappa shape index (κ3) is 3.25. The van der Waals surface area contributed by atoms with Gasteiger partial charge in [-0.1, -0.05) is 30.1 Å². The van der Waals surface area contributed by atoms with Gasteiger partial charge < -0.3 is 5.11 Å². The summed E-state index contributed by atoms with van der Waals surface area (Å²) in [5, 5.41) is 9.79. The van der Waals surface area contributed by atoms with Crippen molar-refractivity contribution < 1.29 is 9.90 Å². The Balaban J connectivity index is 1.98. The Labute approximate surface area is 120 Å². The van der Waals surface area contributed by atoms with Crippen LogP contribution in [0.2, 0.25) is 8.67 Å². The van der Waals surface area contributed by atoms with E-state index in [0.717, 1.165) is 13.0 Å². The number of halogens is 2. The second-order valence-corrected chi connectivity index (χ2v) is 7.02. The number of aliphatic hydroxyl groups is 1. The van der Waals surface area contributed by atoms with Crippen LogP contribution in [0.1, 0.15) is 23.7 Å². The number of aliphatic hydroxyl groups excluding tert-OH is 1. The fourth-order valence-corrected chi connectivity index (χ4v) is 3.58. The Hall–Kier alpha value is -0.130. The molecule has 0 bridgehead atoms. The van der Waals surface area contributed by atoms with Crippen molar-refractivity contribution in [3.05, 3.63) is 20.3 Å². The van der Waals surface area contributed by atoms with Crippen molar-refractivity contribution in [3.8, 4) is 0 Å². The van der Waals surface area contributed by atoms with Crippen LogP contribution in [-0.4, -0.2) is 41.5 Å². The zero-order valence-electron chi connectivity index (χ0n) is 10.0.